The van der Waals surface area contributed by atoms with E-state index in [0.717, 1.165) is 28.6 Å². The van der Waals surface area contributed by atoms with E-state index in [1.54, 1.807) is 12.1 Å². The molecule has 30 heavy (non-hydrogen) atoms. The molecule has 4 nitrogen and oxygen atoms in total. The molecular formula is C25H23ClN2O2. The number of nitrogens with one attached hydrogen (secondary N) is 1. The van der Waals surface area contributed by atoms with Crippen LogP contribution in [0.4, 0.5) is 5.69 Å². The van der Waals surface area contributed by atoms with Crippen LogP contribution >= 0.6 is 11.6 Å². The predicted molar refractivity (Wildman–Crippen MR) is 122 cm³/mol. The van der Waals surface area contributed by atoms with Gasteiger partial charge in [-0.25, -0.2) is 4.98 Å². The molecule has 1 amide bonds. The number of oxazole rings is 1. The standard InChI is InChI=1S/C25H23ClN2O2/c1-3-16(2)18-10-12-23-22(14-18)28-25(30-23)19-9-11-20(26)21(15-19)27-24(29)13-17-7-5-4-6-8-17/h4-12,14-16H,3,13H2,1-2H3,(H,27,29). The summed E-state index contributed by atoms with van der Waals surface area (Å²) in [5.41, 5.74) is 5.05. The van der Waals surface area contributed by atoms with Crippen LogP contribution in [-0.2, 0) is 11.2 Å². The number of amides is 1. The maximum absolute atomic E-state index is 12.4. The third-order valence-corrected chi connectivity index (χ3v) is 5.62. The maximum Gasteiger partial charge on any atom is 0.228 e. The molecule has 0 saturated carbocycles. The van der Waals surface area contributed by atoms with Crippen molar-refractivity contribution in [1.29, 1.82) is 0 Å². The Balaban J connectivity index is 1.58. The van der Waals surface area contributed by atoms with Gasteiger partial charge in [-0.1, -0.05) is 61.8 Å². The zero-order valence-electron chi connectivity index (χ0n) is 17.0. The Hall–Kier alpha value is -3.11. The molecule has 0 aliphatic rings. The first kappa shape index (κ1) is 20.2. The van der Waals surface area contributed by atoms with E-state index in [0.29, 0.717) is 22.5 Å². The van der Waals surface area contributed by atoms with Crippen LogP contribution in [0.3, 0.4) is 0 Å². The lowest BCUT2D eigenvalue weighted by Crippen LogP contribution is -2.14. The highest BCUT2D eigenvalue weighted by Crippen LogP contribution is 2.31. The number of rotatable bonds is 6. The van der Waals surface area contributed by atoms with Crippen molar-refractivity contribution >= 4 is 34.3 Å². The van der Waals surface area contributed by atoms with Crippen molar-refractivity contribution in [3.63, 3.8) is 0 Å². The van der Waals surface area contributed by atoms with Gasteiger partial charge in [-0.3, -0.25) is 4.79 Å². The lowest BCUT2D eigenvalue weighted by atomic mass is 9.98. The second kappa shape index (κ2) is 8.72. The summed E-state index contributed by atoms with van der Waals surface area (Å²) in [6, 6.07) is 21.1. The molecule has 0 bridgehead atoms. The molecule has 0 aliphatic heterocycles. The fraction of sp³-hybridized carbons (Fsp3) is 0.200. The number of halogens is 1. The molecule has 1 atom stereocenters. The number of carbonyl (C=O) groups is 1. The Kier molecular flexibility index (Phi) is 5.86. The summed E-state index contributed by atoms with van der Waals surface area (Å²) in [6.07, 6.45) is 1.35. The normalized spacial score (nSPS) is 12.1. The van der Waals surface area contributed by atoms with Crippen molar-refractivity contribution in [2.24, 2.45) is 0 Å². The average molecular weight is 419 g/mol. The van der Waals surface area contributed by atoms with Gasteiger partial charge in [0.2, 0.25) is 11.8 Å². The van der Waals surface area contributed by atoms with Gasteiger partial charge < -0.3 is 9.73 Å². The van der Waals surface area contributed by atoms with Crippen LogP contribution in [0.15, 0.2) is 71.1 Å². The summed E-state index contributed by atoms with van der Waals surface area (Å²) >= 11 is 6.32. The Labute approximate surface area is 180 Å². The molecule has 3 aromatic carbocycles. The molecule has 1 N–H and O–H groups in total. The summed E-state index contributed by atoms with van der Waals surface area (Å²) in [5.74, 6) is 0.842. The molecule has 0 aliphatic carbocycles. The Morgan fingerprint density at radius 1 is 1.10 bits per heavy atom. The average Bonchev–Trinajstić information content (AvgIpc) is 3.18. The molecule has 4 aromatic rings. The van der Waals surface area contributed by atoms with Gasteiger partial charge >= 0.3 is 0 Å². The lowest BCUT2D eigenvalue weighted by Gasteiger charge is -2.08. The number of anilines is 1. The highest BCUT2D eigenvalue weighted by molar-refractivity contribution is 6.33. The minimum atomic E-state index is -0.129. The third-order valence-electron chi connectivity index (χ3n) is 5.29. The molecule has 4 rings (SSSR count). The van der Waals surface area contributed by atoms with Crippen molar-refractivity contribution in [3.8, 4) is 11.5 Å². The first-order chi connectivity index (χ1) is 14.5. The summed E-state index contributed by atoms with van der Waals surface area (Å²) in [6.45, 7) is 4.37. The number of aromatic nitrogens is 1. The van der Waals surface area contributed by atoms with Gasteiger partial charge in [0.25, 0.3) is 0 Å². The van der Waals surface area contributed by atoms with Crippen LogP contribution < -0.4 is 5.32 Å². The first-order valence-corrected chi connectivity index (χ1v) is 10.5. The van der Waals surface area contributed by atoms with E-state index in [2.05, 4.69) is 36.3 Å². The van der Waals surface area contributed by atoms with Gasteiger partial charge in [0.1, 0.15) is 5.52 Å². The summed E-state index contributed by atoms with van der Waals surface area (Å²) in [5, 5.41) is 3.36. The molecule has 1 aromatic heterocycles. The minimum Gasteiger partial charge on any atom is -0.436 e. The zero-order chi connectivity index (χ0) is 21.1. The minimum absolute atomic E-state index is 0.129. The fourth-order valence-corrected chi connectivity index (χ4v) is 3.50. The first-order valence-electron chi connectivity index (χ1n) is 10.1. The molecular weight excluding hydrogens is 396 g/mol. The van der Waals surface area contributed by atoms with Crippen molar-refractivity contribution in [2.45, 2.75) is 32.6 Å². The summed E-state index contributed by atoms with van der Waals surface area (Å²) in [4.78, 5) is 17.1. The molecule has 1 heterocycles. The van der Waals surface area contributed by atoms with Gasteiger partial charge in [-0.2, -0.15) is 0 Å². The van der Waals surface area contributed by atoms with E-state index < -0.39 is 0 Å². The molecule has 0 saturated heterocycles. The smallest absolute Gasteiger partial charge is 0.228 e. The van der Waals surface area contributed by atoms with Gasteiger partial charge in [-0.15, -0.1) is 0 Å². The van der Waals surface area contributed by atoms with E-state index in [1.165, 1.54) is 5.56 Å². The molecule has 1 unspecified atom stereocenters. The maximum atomic E-state index is 12.4. The molecule has 0 fully saturated rings. The van der Waals surface area contributed by atoms with E-state index in [4.69, 9.17) is 16.0 Å². The Bertz CT molecular complexity index is 1180. The highest BCUT2D eigenvalue weighted by atomic mass is 35.5. The number of hydrogen-bond donors (Lipinski definition) is 1. The van der Waals surface area contributed by atoms with Crippen LogP contribution in [0.1, 0.15) is 37.3 Å². The number of carbonyl (C=O) groups excluding carboxylic acids is 1. The second-order valence-electron chi connectivity index (χ2n) is 7.46. The largest absolute Gasteiger partial charge is 0.436 e. The van der Waals surface area contributed by atoms with Crippen LogP contribution in [0, 0.1) is 0 Å². The van der Waals surface area contributed by atoms with Gasteiger partial charge in [0.05, 0.1) is 17.1 Å². The van der Waals surface area contributed by atoms with E-state index >= 15 is 0 Å². The predicted octanol–water partition coefficient (Wildman–Crippen LogP) is 6.84. The molecule has 0 spiro atoms. The Morgan fingerprint density at radius 3 is 2.67 bits per heavy atom. The SMILES string of the molecule is CCC(C)c1ccc2oc(-c3ccc(Cl)c(NC(=O)Cc4ccccc4)c3)nc2c1. The van der Waals surface area contributed by atoms with Gasteiger partial charge in [0, 0.05) is 5.56 Å². The van der Waals surface area contributed by atoms with Crippen molar-refractivity contribution < 1.29 is 9.21 Å². The zero-order valence-corrected chi connectivity index (χ0v) is 17.7. The van der Waals surface area contributed by atoms with Crippen molar-refractivity contribution in [3.05, 3.63) is 82.9 Å². The van der Waals surface area contributed by atoms with E-state index in [-0.39, 0.29) is 12.3 Å². The second-order valence-corrected chi connectivity index (χ2v) is 7.87. The quantitative estimate of drug-likeness (QED) is 0.372. The van der Waals surface area contributed by atoms with Crippen molar-refractivity contribution in [1.82, 2.24) is 4.98 Å². The van der Waals surface area contributed by atoms with Crippen LogP contribution in [0.2, 0.25) is 5.02 Å². The van der Waals surface area contributed by atoms with Crippen LogP contribution in [-0.4, -0.2) is 10.9 Å². The lowest BCUT2D eigenvalue weighted by molar-refractivity contribution is -0.115. The summed E-state index contributed by atoms with van der Waals surface area (Å²) < 4.78 is 5.95. The monoisotopic (exact) mass is 418 g/mol. The molecule has 0 radical (unpaired) electrons. The summed E-state index contributed by atoms with van der Waals surface area (Å²) in [7, 11) is 0. The number of benzene rings is 3. The highest BCUT2D eigenvalue weighted by Gasteiger charge is 2.14. The van der Waals surface area contributed by atoms with Crippen LogP contribution in [0.5, 0.6) is 0 Å². The molecule has 5 heteroatoms. The Morgan fingerprint density at radius 2 is 1.90 bits per heavy atom. The van der Waals surface area contributed by atoms with E-state index in [9.17, 15) is 4.79 Å². The van der Waals surface area contributed by atoms with Gasteiger partial charge in [-0.05, 0) is 53.8 Å². The van der Waals surface area contributed by atoms with Crippen molar-refractivity contribution in [2.75, 3.05) is 5.32 Å². The topological polar surface area (TPSA) is 55.1 Å². The van der Waals surface area contributed by atoms with Crippen LogP contribution in [0.25, 0.3) is 22.6 Å². The van der Waals surface area contributed by atoms with Gasteiger partial charge in [0.15, 0.2) is 5.58 Å². The number of nitrogens with zero attached hydrogens (tertiary/aromatic N) is 1. The van der Waals surface area contributed by atoms with E-state index in [1.807, 2.05) is 42.5 Å². The fourth-order valence-electron chi connectivity index (χ4n) is 3.34. The molecule has 152 valence electrons. The number of fused-ring (bicyclic) bond motifs is 1. The number of hydrogen-bond acceptors (Lipinski definition) is 3. The third kappa shape index (κ3) is 4.39.